The molecule has 0 aliphatic rings. The molecule has 2 rings (SSSR count). The predicted molar refractivity (Wildman–Crippen MR) is 68.5 cm³/mol. The third-order valence-corrected chi connectivity index (χ3v) is 2.36. The molecule has 0 saturated carbocycles. The summed E-state index contributed by atoms with van der Waals surface area (Å²) in [5.74, 6) is 0.0832. The number of aliphatic imine (C=N–C) groups is 1. The van der Waals surface area contributed by atoms with Gasteiger partial charge in [0.05, 0.1) is 4.92 Å². The van der Waals surface area contributed by atoms with Gasteiger partial charge in [-0.1, -0.05) is 24.3 Å². The fraction of sp³-hybridized carbons (Fsp3) is 0. The Morgan fingerprint density at radius 2 is 1.78 bits per heavy atom. The van der Waals surface area contributed by atoms with Gasteiger partial charge in [-0.3, -0.25) is 10.1 Å². The Bertz CT molecular complexity index is 609. The van der Waals surface area contributed by atoms with Gasteiger partial charge in [0.1, 0.15) is 11.4 Å². The molecule has 1 N–H and O–H groups in total. The van der Waals surface area contributed by atoms with Gasteiger partial charge in [0.2, 0.25) is 0 Å². The van der Waals surface area contributed by atoms with E-state index in [-0.39, 0.29) is 17.1 Å². The number of hydrogen-bond acceptors (Lipinski definition) is 4. The lowest BCUT2D eigenvalue weighted by atomic mass is 10.2. The van der Waals surface area contributed by atoms with E-state index in [2.05, 4.69) is 4.99 Å². The van der Waals surface area contributed by atoms with Crippen LogP contribution in [0.4, 0.5) is 11.4 Å². The molecule has 5 heteroatoms. The van der Waals surface area contributed by atoms with Crippen molar-refractivity contribution in [2.75, 3.05) is 0 Å². The molecule has 0 heterocycles. The Kier molecular flexibility index (Phi) is 3.33. The molecule has 0 amide bonds. The number of nitro groups is 1. The number of nitro benzene ring substituents is 1. The van der Waals surface area contributed by atoms with Gasteiger partial charge in [-0.05, 0) is 18.2 Å². The summed E-state index contributed by atoms with van der Waals surface area (Å²) in [4.78, 5) is 14.3. The molecule has 0 saturated heterocycles. The first-order valence-electron chi connectivity index (χ1n) is 5.24. The van der Waals surface area contributed by atoms with Crippen molar-refractivity contribution in [2.24, 2.45) is 4.99 Å². The lowest BCUT2D eigenvalue weighted by molar-refractivity contribution is -0.384. The molecule has 5 nitrogen and oxygen atoms in total. The van der Waals surface area contributed by atoms with Crippen molar-refractivity contribution in [3.8, 4) is 5.75 Å². The van der Waals surface area contributed by atoms with E-state index in [0.717, 1.165) is 0 Å². The van der Waals surface area contributed by atoms with Gasteiger partial charge in [0, 0.05) is 17.8 Å². The Morgan fingerprint density at radius 3 is 2.50 bits per heavy atom. The van der Waals surface area contributed by atoms with E-state index in [4.69, 9.17) is 0 Å². The van der Waals surface area contributed by atoms with Crippen molar-refractivity contribution < 1.29 is 10.0 Å². The van der Waals surface area contributed by atoms with Gasteiger partial charge >= 0.3 is 0 Å². The number of phenols is 1. The summed E-state index contributed by atoms with van der Waals surface area (Å²) < 4.78 is 0. The van der Waals surface area contributed by atoms with Crippen molar-refractivity contribution in [1.29, 1.82) is 0 Å². The van der Waals surface area contributed by atoms with Gasteiger partial charge in [-0.25, -0.2) is 4.99 Å². The zero-order valence-electron chi connectivity index (χ0n) is 9.35. The lowest BCUT2D eigenvalue weighted by Crippen LogP contribution is -1.88. The monoisotopic (exact) mass is 242 g/mol. The van der Waals surface area contributed by atoms with E-state index < -0.39 is 4.92 Å². The van der Waals surface area contributed by atoms with Gasteiger partial charge in [-0.15, -0.1) is 0 Å². The average molecular weight is 242 g/mol. The number of rotatable bonds is 3. The third-order valence-electron chi connectivity index (χ3n) is 2.36. The maximum absolute atomic E-state index is 10.8. The number of para-hydroxylation sites is 3. The first-order valence-corrected chi connectivity index (χ1v) is 5.24. The Balaban J connectivity index is 2.35. The van der Waals surface area contributed by atoms with Gasteiger partial charge in [0.25, 0.3) is 5.69 Å². The molecule has 0 spiro atoms. The zero-order valence-corrected chi connectivity index (χ0v) is 9.35. The number of aromatic hydroxyl groups is 1. The second kappa shape index (κ2) is 5.09. The Labute approximate surface area is 103 Å². The standard InChI is InChI=1S/C13H10N2O3/c16-13-8-4-1-5-10(13)9-14-11-6-2-3-7-12(11)15(17)18/h1-9,16H. The number of nitrogens with zero attached hydrogens (tertiary/aromatic N) is 2. The summed E-state index contributed by atoms with van der Waals surface area (Å²) >= 11 is 0. The van der Waals surface area contributed by atoms with E-state index in [1.54, 1.807) is 36.4 Å². The van der Waals surface area contributed by atoms with Crippen molar-refractivity contribution >= 4 is 17.6 Å². The fourth-order valence-corrected chi connectivity index (χ4v) is 1.46. The molecule has 2 aromatic rings. The quantitative estimate of drug-likeness (QED) is 0.510. The van der Waals surface area contributed by atoms with Crippen LogP contribution < -0.4 is 0 Å². The molecule has 2 aromatic carbocycles. The second-order valence-corrected chi connectivity index (χ2v) is 3.56. The molecule has 0 unspecified atom stereocenters. The summed E-state index contributed by atoms with van der Waals surface area (Å²) in [6, 6.07) is 12.8. The maximum Gasteiger partial charge on any atom is 0.294 e. The largest absolute Gasteiger partial charge is 0.507 e. The molecule has 90 valence electrons. The molecular formula is C13H10N2O3. The van der Waals surface area contributed by atoms with Crippen LogP contribution in [0.15, 0.2) is 53.5 Å². The second-order valence-electron chi connectivity index (χ2n) is 3.56. The van der Waals surface area contributed by atoms with Crippen molar-refractivity contribution in [3.63, 3.8) is 0 Å². The summed E-state index contributed by atoms with van der Waals surface area (Å²) in [5.41, 5.74) is 0.700. The highest BCUT2D eigenvalue weighted by atomic mass is 16.6. The van der Waals surface area contributed by atoms with E-state index >= 15 is 0 Å². The lowest BCUT2D eigenvalue weighted by Gasteiger charge is -1.98. The minimum Gasteiger partial charge on any atom is -0.507 e. The van der Waals surface area contributed by atoms with Crippen LogP contribution in [-0.4, -0.2) is 16.2 Å². The van der Waals surface area contributed by atoms with Crippen LogP contribution in [0.25, 0.3) is 0 Å². The minimum atomic E-state index is -0.489. The molecule has 0 aliphatic heterocycles. The van der Waals surface area contributed by atoms with Gasteiger partial charge in [0.15, 0.2) is 0 Å². The smallest absolute Gasteiger partial charge is 0.294 e. The van der Waals surface area contributed by atoms with Crippen LogP contribution >= 0.6 is 0 Å². The molecular weight excluding hydrogens is 232 g/mol. The molecule has 18 heavy (non-hydrogen) atoms. The van der Waals surface area contributed by atoms with Crippen LogP contribution in [0.2, 0.25) is 0 Å². The number of hydrogen-bond donors (Lipinski definition) is 1. The normalized spacial score (nSPS) is 10.7. The Hall–Kier alpha value is -2.69. The highest BCUT2D eigenvalue weighted by Gasteiger charge is 2.10. The number of phenolic OH excluding ortho intramolecular Hbond substituents is 1. The fourth-order valence-electron chi connectivity index (χ4n) is 1.46. The van der Waals surface area contributed by atoms with Crippen molar-refractivity contribution in [2.45, 2.75) is 0 Å². The molecule has 0 fully saturated rings. The van der Waals surface area contributed by atoms with E-state index in [1.807, 2.05) is 0 Å². The third kappa shape index (κ3) is 2.52. The van der Waals surface area contributed by atoms with Crippen LogP contribution in [0.3, 0.4) is 0 Å². The molecule has 0 atom stereocenters. The zero-order chi connectivity index (χ0) is 13.0. The molecule has 0 aliphatic carbocycles. The van der Waals surface area contributed by atoms with Crippen LogP contribution in [0.1, 0.15) is 5.56 Å². The minimum absolute atomic E-state index is 0.0656. The maximum atomic E-state index is 10.8. The summed E-state index contributed by atoms with van der Waals surface area (Å²) in [6.07, 6.45) is 1.40. The first kappa shape index (κ1) is 11.8. The van der Waals surface area contributed by atoms with Crippen molar-refractivity contribution in [3.05, 3.63) is 64.2 Å². The Morgan fingerprint density at radius 1 is 1.11 bits per heavy atom. The molecule has 0 bridgehead atoms. The SMILES string of the molecule is O=[N+]([O-])c1ccccc1N=Cc1ccccc1O. The molecule has 0 aromatic heterocycles. The van der Waals surface area contributed by atoms with E-state index in [0.29, 0.717) is 5.56 Å². The predicted octanol–water partition coefficient (Wildman–Crippen LogP) is 3.05. The van der Waals surface area contributed by atoms with E-state index in [9.17, 15) is 15.2 Å². The molecule has 0 radical (unpaired) electrons. The summed E-state index contributed by atoms with van der Waals surface area (Å²) in [6.45, 7) is 0. The summed E-state index contributed by atoms with van der Waals surface area (Å²) in [5, 5.41) is 20.3. The highest BCUT2D eigenvalue weighted by Crippen LogP contribution is 2.26. The van der Waals surface area contributed by atoms with Crippen LogP contribution in [-0.2, 0) is 0 Å². The first-order chi connectivity index (χ1) is 8.68. The number of benzene rings is 2. The van der Waals surface area contributed by atoms with Gasteiger partial charge < -0.3 is 5.11 Å². The van der Waals surface area contributed by atoms with Crippen LogP contribution in [0.5, 0.6) is 5.75 Å². The van der Waals surface area contributed by atoms with E-state index in [1.165, 1.54) is 18.3 Å². The van der Waals surface area contributed by atoms with Crippen molar-refractivity contribution in [1.82, 2.24) is 0 Å². The highest BCUT2D eigenvalue weighted by molar-refractivity contribution is 5.86. The average Bonchev–Trinajstić information content (AvgIpc) is 2.38. The van der Waals surface area contributed by atoms with Gasteiger partial charge in [-0.2, -0.15) is 0 Å². The van der Waals surface area contributed by atoms with Crippen LogP contribution in [0, 0.1) is 10.1 Å². The summed E-state index contributed by atoms with van der Waals surface area (Å²) in [7, 11) is 0. The topological polar surface area (TPSA) is 75.7 Å².